The largest absolute Gasteiger partial charge is 0.494 e. The average molecular weight is 493 g/mol. The molecule has 1 aromatic heterocycles. The van der Waals surface area contributed by atoms with E-state index >= 15 is 0 Å². The van der Waals surface area contributed by atoms with Gasteiger partial charge in [0.2, 0.25) is 0 Å². The standard InChI is InChI=1S/C28H33ClN4O2/c1-5-14-31-15-13-25-23(18-31)24(30-33(25)26-11-6-7-12-27(26)35-4)19-32(17-20(2)3)28(34)21-9-8-10-22(29)16-21/h5-12,16,20H,1,13-15,17-19H2,2-4H3. The van der Waals surface area contributed by atoms with Crippen molar-refractivity contribution in [3.05, 3.63) is 88.7 Å². The quantitative estimate of drug-likeness (QED) is 0.376. The highest BCUT2D eigenvalue weighted by atomic mass is 35.5. The summed E-state index contributed by atoms with van der Waals surface area (Å²) in [4.78, 5) is 17.8. The van der Waals surface area contributed by atoms with Crippen LogP contribution in [0.25, 0.3) is 5.69 Å². The Kier molecular flexibility index (Phi) is 7.93. The second-order valence-electron chi connectivity index (χ2n) is 9.32. The summed E-state index contributed by atoms with van der Waals surface area (Å²) in [5, 5.41) is 5.62. The molecule has 0 radical (unpaired) electrons. The number of carbonyl (C=O) groups excluding carboxylic acids is 1. The fourth-order valence-electron chi connectivity index (χ4n) is 4.66. The molecule has 0 fully saturated rings. The van der Waals surface area contributed by atoms with Crippen molar-refractivity contribution in [1.29, 1.82) is 0 Å². The topological polar surface area (TPSA) is 50.6 Å². The highest BCUT2D eigenvalue weighted by Crippen LogP contribution is 2.30. The lowest BCUT2D eigenvalue weighted by atomic mass is 10.0. The van der Waals surface area contributed by atoms with E-state index in [9.17, 15) is 4.79 Å². The fourth-order valence-corrected chi connectivity index (χ4v) is 4.85. The van der Waals surface area contributed by atoms with Crippen LogP contribution in [0.1, 0.15) is 41.2 Å². The first-order chi connectivity index (χ1) is 16.9. The van der Waals surface area contributed by atoms with Crippen LogP contribution in [-0.4, -0.2) is 52.2 Å². The summed E-state index contributed by atoms with van der Waals surface area (Å²) in [7, 11) is 1.68. The number of hydrogen-bond donors (Lipinski definition) is 0. The zero-order chi connectivity index (χ0) is 24.9. The summed E-state index contributed by atoms with van der Waals surface area (Å²) in [5.74, 6) is 1.04. The van der Waals surface area contributed by atoms with Crippen molar-refractivity contribution in [2.75, 3.05) is 26.7 Å². The fraction of sp³-hybridized carbons (Fsp3) is 0.357. The molecule has 0 atom stereocenters. The summed E-state index contributed by atoms with van der Waals surface area (Å²) in [5.41, 5.74) is 4.76. The molecule has 0 spiro atoms. The highest BCUT2D eigenvalue weighted by molar-refractivity contribution is 6.30. The molecule has 0 aliphatic carbocycles. The number of para-hydroxylation sites is 2. The molecule has 1 amide bonds. The predicted molar refractivity (Wildman–Crippen MR) is 140 cm³/mol. The van der Waals surface area contributed by atoms with Gasteiger partial charge in [-0.2, -0.15) is 5.10 Å². The second-order valence-corrected chi connectivity index (χ2v) is 9.76. The van der Waals surface area contributed by atoms with Gasteiger partial charge in [-0.1, -0.05) is 49.7 Å². The molecule has 0 bridgehead atoms. The Labute approximate surface area is 212 Å². The van der Waals surface area contributed by atoms with E-state index in [1.165, 1.54) is 11.3 Å². The van der Waals surface area contributed by atoms with Gasteiger partial charge in [-0.05, 0) is 36.2 Å². The minimum Gasteiger partial charge on any atom is -0.494 e. The average Bonchev–Trinajstić information content (AvgIpc) is 3.20. The molecule has 6 nitrogen and oxygen atoms in total. The number of ether oxygens (including phenoxy) is 1. The van der Waals surface area contributed by atoms with Crippen molar-refractivity contribution in [3.63, 3.8) is 0 Å². The lowest BCUT2D eigenvalue weighted by Gasteiger charge is -2.28. The minimum atomic E-state index is -0.0412. The smallest absolute Gasteiger partial charge is 0.254 e. The van der Waals surface area contributed by atoms with Crippen molar-refractivity contribution in [1.82, 2.24) is 19.6 Å². The van der Waals surface area contributed by atoms with E-state index in [1.807, 2.05) is 52.1 Å². The van der Waals surface area contributed by atoms with Crippen LogP contribution in [0.3, 0.4) is 0 Å². The van der Waals surface area contributed by atoms with Crippen LogP contribution in [0.15, 0.2) is 61.2 Å². The van der Waals surface area contributed by atoms with Crippen LogP contribution in [0.4, 0.5) is 0 Å². The van der Waals surface area contributed by atoms with E-state index in [-0.39, 0.29) is 5.91 Å². The third-order valence-corrected chi connectivity index (χ3v) is 6.44. The molecule has 4 rings (SSSR count). The number of amides is 1. The van der Waals surface area contributed by atoms with Crippen molar-refractivity contribution in [3.8, 4) is 11.4 Å². The molecule has 2 heterocycles. The molecule has 0 N–H and O–H groups in total. The molecule has 184 valence electrons. The monoisotopic (exact) mass is 492 g/mol. The molecule has 3 aromatic rings. The van der Waals surface area contributed by atoms with Crippen molar-refractivity contribution < 1.29 is 9.53 Å². The Balaban J connectivity index is 1.76. The van der Waals surface area contributed by atoms with Crippen LogP contribution < -0.4 is 4.74 Å². The number of methoxy groups -OCH3 is 1. The zero-order valence-corrected chi connectivity index (χ0v) is 21.5. The zero-order valence-electron chi connectivity index (χ0n) is 20.7. The predicted octanol–water partition coefficient (Wildman–Crippen LogP) is 5.38. The van der Waals surface area contributed by atoms with Gasteiger partial charge in [0, 0.05) is 48.7 Å². The van der Waals surface area contributed by atoms with Gasteiger partial charge >= 0.3 is 0 Å². The number of nitrogens with zero attached hydrogens (tertiary/aromatic N) is 4. The highest BCUT2D eigenvalue weighted by Gasteiger charge is 2.28. The summed E-state index contributed by atoms with van der Waals surface area (Å²) in [6.45, 7) is 11.7. The Morgan fingerprint density at radius 1 is 1.26 bits per heavy atom. The molecular weight excluding hydrogens is 460 g/mol. The van der Waals surface area contributed by atoms with Gasteiger partial charge in [0.1, 0.15) is 11.4 Å². The van der Waals surface area contributed by atoms with E-state index in [0.717, 1.165) is 43.2 Å². The number of carbonyl (C=O) groups is 1. The summed E-state index contributed by atoms with van der Waals surface area (Å²) in [6.07, 6.45) is 2.80. The first kappa shape index (κ1) is 25.0. The number of benzene rings is 2. The Bertz CT molecular complexity index is 1200. The number of halogens is 1. The van der Waals surface area contributed by atoms with Gasteiger partial charge in [-0.25, -0.2) is 4.68 Å². The van der Waals surface area contributed by atoms with Gasteiger partial charge in [0.15, 0.2) is 0 Å². The maximum absolute atomic E-state index is 13.5. The Morgan fingerprint density at radius 2 is 2.06 bits per heavy atom. The normalized spacial score (nSPS) is 13.5. The molecule has 1 aliphatic rings. The summed E-state index contributed by atoms with van der Waals surface area (Å²) >= 11 is 6.19. The number of fused-ring (bicyclic) bond motifs is 1. The number of aromatic nitrogens is 2. The van der Waals surface area contributed by atoms with Gasteiger partial charge in [-0.3, -0.25) is 9.69 Å². The Morgan fingerprint density at radius 3 is 2.77 bits per heavy atom. The van der Waals surface area contributed by atoms with E-state index in [0.29, 0.717) is 29.6 Å². The third kappa shape index (κ3) is 5.60. The van der Waals surface area contributed by atoms with E-state index in [4.69, 9.17) is 21.4 Å². The second kappa shape index (κ2) is 11.1. The molecule has 35 heavy (non-hydrogen) atoms. The van der Waals surface area contributed by atoms with Gasteiger partial charge in [0.25, 0.3) is 5.91 Å². The minimum absolute atomic E-state index is 0.0412. The SMILES string of the molecule is C=CCN1CCc2c(c(CN(CC(C)C)C(=O)c3cccc(Cl)c3)nn2-c2ccccc2OC)C1. The van der Waals surface area contributed by atoms with Crippen LogP contribution in [-0.2, 0) is 19.5 Å². The summed E-state index contributed by atoms with van der Waals surface area (Å²) < 4.78 is 7.65. The van der Waals surface area contributed by atoms with Crippen LogP contribution in [0, 0.1) is 5.92 Å². The first-order valence-corrected chi connectivity index (χ1v) is 12.4. The van der Waals surface area contributed by atoms with Crippen molar-refractivity contribution in [2.45, 2.75) is 33.4 Å². The number of rotatable bonds is 9. The van der Waals surface area contributed by atoms with Crippen molar-refractivity contribution in [2.24, 2.45) is 5.92 Å². The molecular formula is C28H33ClN4O2. The van der Waals surface area contributed by atoms with E-state index in [1.54, 1.807) is 19.2 Å². The molecule has 2 aromatic carbocycles. The Hall–Kier alpha value is -3.09. The van der Waals surface area contributed by atoms with Crippen LogP contribution >= 0.6 is 11.6 Å². The lowest BCUT2D eigenvalue weighted by molar-refractivity contribution is 0.0719. The maximum Gasteiger partial charge on any atom is 0.254 e. The van der Waals surface area contributed by atoms with Gasteiger partial charge in [-0.15, -0.1) is 6.58 Å². The van der Waals surface area contributed by atoms with Crippen LogP contribution in [0.2, 0.25) is 5.02 Å². The molecule has 1 aliphatic heterocycles. The molecule has 0 saturated carbocycles. The maximum atomic E-state index is 13.5. The lowest BCUT2D eigenvalue weighted by Crippen LogP contribution is -2.35. The first-order valence-electron chi connectivity index (χ1n) is 12.0. The van der Waals surface area contributed by atoms with E-state index in [2.05, 4.69) is 25.3 Å². The summed E-state index contributed by atoms with van der Waals surface area (Å²) in [6, 6.07) is 15.1. The molecule has 7 heteroatoms. The van der Waals surface area contributed by atoms with Crippen molar-refractivity contribution >= 4 is 17.5 Å². The van der Waals surface area contributed by atoms with Gasteiger partial charge < -0.3 is 9.64 Å². The van der Waals surface area contributed by atoms with E-state index < -0.39 is 0 Å². The molecule has 0 saturated heterocycles. The number of hydrogen-bond acceptors (Lipinski definition) is 4. The van der Waals surface area contributed by atoms with Gasteiger partial charge in [0.05, 0.1) is 25.0 Å². The molecule has 0 unspecified atom stereocenters. The van der Waals surface area contributed by atoms with Crippen LogP contribution in [0.5, 0.6) is 5.75 Å². The third-order valence-electron chi connectivity index (χ3n) is 6.21.